The number of benzene rings is 2. The maximum Gasteiger partial charge on any atom is 0.335 e. The predicted molar refractivity (Wildman–Crippen MR) is 89.4 cm³/mol. The second-order valence-corrected chi connectivity index (χ2v) is 7.08. The number of amides is 1. The van der Waals surface area contributed by atoms with Crippen molar-refractivity contribution >= 4 is 33.3 Å². The van der Waals surface area contributed by atoms with E-state index in [2.05, 4.69) is 10.0 Å². The first-order chi connectivity index (χ1) is 11.8. The number of carboxylic acid groups (broad SMARTS) is 1. The van der Waals surface area contributed by atoms with Gasteiger partial charge in [0.2, 0.25) is 0 Å². The number of carbonyl (C=O) groups is 2. The molecule has 1 unspecified atom stereocenters. The Bertz CT molecular complexity index is 970. The summed E-state index contributed by atoms with van der Waals surface area (Å²) in [4.78, 5) is 22.5. The van der Waals surface area contributed by atoms with Crippen LogP contribution in [-0.2, 0) is 14.8 Å². The van der Waals surface area contributed by atoms with Crippen LogP contribution in [0.4, 0.5) is 11.4 Å². The number of ether oxygens (including phenoxy) is 1. The summed E-state index contributed by atoms with van der Waals surface area (Å²) in [5.74, 6) is -1.16. The number of carboxylic acids is 1. The van der Waals surface area contributed by atoms with Gasteiger partial charge in [0.1, 0.15) is 5.75 Å². The molecule has 1 heterocycles. The van der Waals surface area contributed by atoms with Gasteiger partial charge in [-0.1, -0.05) is 6.07 Å². The Morgan fingerprint density at radius 3 is 2.72 bits per heavy atom. The lowest BCUT2D eigenvalue weighted by Gasteiger charge is -2.23. The van der Waals surface area contributed by atoms with Crippen LogP contribution in [0.1, 0.15) is 17.3 Å². The monoisotopic (exact) mass is 362 g/mol. The standard InChI is InChI=1S/C16H14N2O6S/c1-9-15(19)17-13-8-12(5-6-14(13)24-9)25(22,23)18-11-4-2-3-10(7-11)16(20)21/h2-9,18H,1H3,(H,17,19)(H,20,21). The van der Waals surface area contributed by atoms with Crippen molar-refractivity contribution in [2.75, 3.05) is 10.0 Å². The quantitative estimate of drug-likeness (QED) is 0.764. The van der Waals surface area contributed by atoms with Crippen molar-refractivity contribution in [2.24, 2.45) is 0 Å². The van der Waals surface area contributed by atoms with Crippen molar-refractivity contribution in [3.63, 3.8) is 0 Å². The zero-order valence-electron chi connectivity index (χ0n) is 13.0. The fraction of sp³-hybridized carbons (Fsp3) is 0.125. The fourth-order valence-corrected chi connectivity index (χ4v) is 3.36. The highest BCUT2D eigenvalue weighted by molar-refractivity contribution is 7.92. The van der Waals surface area contributed by atoms with Gasteiger partial charge in [-0.25, -0.2) is 13.2 Å². The van der Waals surface area contributed by atoms with Gasteiger partial charge in [0, 0.05) is 5.69 Å². The van der Waals surface area contributed by atoms with Gasteiger partial charge in [0.05, 0.1) is 16.1 Å². The molecule has 1 aliphatic rings. The summed E-state index contributed by atoms with van der Waals surface area (Å²) in [6.45, 7) is 1.58. The lowest BCUT2D eigenvalue weighted by molar-refractivity contribution is -0.122. The van der Waals surface area contributed by atoms with Crippen molar-refractivity contribution in [1.29, 1.82) is 0 Å². The molecule has 0 aliphatic carbocycles. The van der Waals surface area contributed by atoms with Crippen LogP contribution in [0.5, 0.6) is 5.75 Å². The van der Waals surface area contributed by atoms with Crippen molar-refractivity contribution < 1.29 is 27.9 Å². The Morgan fingerprint density at radius 2 is 2.00 bits per heavy atom. The van der Waals surface area contributed by atoms with Crippen LogP contribution >= 0.6 is 0 Å². The molecule has 1 aliphatic heterocycles. The molecule has 0 bridgehead atoms. The van der Waals surface area contributed by atoms with Gasteiger partial charge in [-0.15, -0.1) is 0 Å². The molecule has 130 valence electrons. The molecular weight excluding hydrogens is 348 g/mol. The minimum absolute atomic E-state index is 0.0414. The largest absolute Gasteiger partial charge is 0.479 e. The first-order valence-electron chi connectivity index (χ1n) is 7.24. The van der Waals surface area contributed by atoms with E-state index in [4.69, 9.17) is 9.84 Å². The van der Waals surface area contributed by atoms with Crippen molar-refractivity contribution in [2.45, 2.75) is 17.9 Å². The van der Waals surface area contributed by atoms with Crippen LogP contribution in [0, 0.1) is 0 Å². The Balaban J connectivity index is 1.91. The van der Waals surface area contributed by atoms with Gasteiger partial charge in [0.15, 0.2) is 6.10 Å². The Hall–Kier alpha value is -3.07. The average Bonchev–Trinajstić information content (AvgIpc) is 2.55. The maximum atomic E-state index is 12.5. The van der Waals surface area contributed by atoms with Gasteiger partial charge in [-0.05, 0) is 43.3 Å². The summed E-state index contributed by atoms with van der Waals surface area (Å²) in [6, 6.07) is 9.51. The van der Waals surface area contributed by atoms with E-state index in [1.165, 1.54) is 42.5 Å². The Labute approximate surface area is 143 Å². The number of nitrogens with one attached hydrogen (secondary N) is 2. The van der Waals surface area contributed by atoms with Crippen LogP contribution < -0.4 is 14.8 Å². The molecule has 0 aromatic heterocycles. The zero-order valence-corrected chi connectivity index (χ0v) is 13.8. The van der Waals surface area contributed by atoms with E-state index in [1.807, 2.05) is 0 Å². The summed E-state index contributed by atoms with van der Waals surface area (Å²) in [6.07, 6.45) is -0.660. The highest BCUT2D eigenvalue weighted by atomic mass is 32.2. The van der Waals surface area contributed by atoms with E-state index in [0.29, 0.717) is 5.75 Å². The van der Waals surface area contributed by atoms with Gasteiger partial charge in [-0.2, -0.15) is 0 Å². The Morgan fingerprint density at radius 1 is 1.24 bits per heavy atom. The lowest BCUT2D eigenvalue weighted by atomic mass is 10.2. The molecular formula is C16H14N2O6S. The molecule has 8 nitrogen and oxygen atoms in total. The van der Waals surface area contributed by atoms with Crippen LogP contribution in [-0.4, -0.2) is 31.5 Å². The number of fused-ring (bicyclic) bond motifs is 1. The maximum absolute atomic E-state index is 12.5. The molecule has 3 N–H and O–H groups in total. The molecule has 2 aromatic rings. The molecule has 2 aromatic carbocycles. The van der Waals surface area contributed by atoms with E-state index in [-0.39, 0.29) is 27.7 Å². The summed E-state index contributed by atoms with van der Waals surface area (Å²) in [5, 5.41) is 11.5. The molecule has 25 heavy (non-hydrogen) atoms. The van der Waals surface area contributed by atoms with Crippen molar-refractivity contribution in [3.8, 4) is 5.75 Å². The number of aromatic carboxylic acids is 1. The third kappa shape index (κ3) is 3.41. The number of hydrogen-bond donors (Lipinski definition) is 3. The van der Waals surface area contributed by atoms with Gasteiger partial charge in [0.25, 0.3) is 15.9 Å². The van der Waals surface area contributed by atoms with E-state index in [1.54, 1.807) is 6.92 Å². The second-order valence-electron chi connectivity index (χ2n) is 5.40. The molecule has 0 radical (unpaired) electrons. The van der Waals surface area contributed by atoms with Gasteiger partial charge < -0.3 is 15.2 Å². The molecule has 0 fully saturated rings. The first-order valence-corrected chi connectivity index (χ1v) is 8.72. The molecule has 0 saturated heterocycles. The number of hydrogen-bond acceptors (Lipinski definition) is 5. The second kappa shape index (κ2) is 6.10. The van der Waals surface area contributed by atoms with Crippen LogP contribution in [0.25, 0.3) is 0 Å². The number of carbonyl (C=O) groups excluding carboxylic acids is 1. The highest BCUT2D eigenvalue weighted by Crippen LogP contribution is 2.32. The van der Waals surface area contributed by atoms with Crippen LogP contribution in [0.15, 0.2) is 47.4 Å². The van der Waals surface area contributed by atoms with E-state index in [0.717, 1.165) is 0 Å². The summed E-state index contributed by atoms with van der Waals surface area (Å²) in [5.41, 5.74) is 0.331. The summed E-state index contributed by atoms with van der Waals surface area (Å²) >= 11 is 0. The van der Waals surface area contributed by atoms with E-state index < -0.39 is 22.1 Å². The first kappa shape index (κ1) is 16.8. The van der Waals surface area contributed by atoms with Crippen LogP contribution in [0.3, 0.4) is 0 Å². The van der Waals surface area contributed by atoms with Crippen LogP contribution in [0.2, 0.25) is 0 Å². The highest BCUT2D eigenvalue weighted by Gasteiger charge is 2.25. The third-order valence-corrected chi connectivity index (χ3v) is 4.93. The topological polar surface area (TPSA) is 122 Å². The normalized spacial score (nSPS) is 16.4. The SMILES string of the molecule is CC1Oc2ccc(S(=O)(=O)Nc3cccc(C(=O)O)c3)cc2NC1=O. The molecule has 0 spiro atoms. The van der Waals surface area contributed by atoms with E-state index >= 15 is 0 Å². The van der Waals surface area contributed by atoms with E-state index in [9.17, 15) is 18.0 Å². The summed E-state index contributed by atoms with van der Waals surface area (Å²) < 4.78 is 32.7. The summed E-state index contributed by atoms with van der Waals surface area (Å²) in [7, 11) is -3.97. The minimum Gasteiger partial charge on any atom is -0.479 e. The molecule has 1 atom stereocenters. The van der Waals surface area contributed by atoms with Gasteiger partial charge >= 0.3 is 5.97 Å². The molecule has 1 amide bonds. The Kier molecular flexibility index (Phi) is 4.09. The predicted octanol–water partition coefficient (Wildman–Crippen LogP) is 1.90. The number of anilines is 2. The minimum atomic E-state index is -3.97. The fourth-order valence-electron chi connectivity index (χ4n) is 2.28. The average molecular weight is 362 g/mol. The zero-order chi connectivity index (χ0) is 18.2. The number of sulfonamides is 1. The smallest absolute Gasteiger partial charge is 0.335 e. The molecule has 3 rings (SSSR count). The van der Waals surface area contributed by atoms with Crippen molar-refractivity contribution in [1.82, 2.24) is 0 Å². The number of rotatable bonds is 4. The molecule has 9 heteroatoms. The third-order valence-electron chi connectivity index (χ3n) is 3.55. The van der Waals surface area contributed by atoms with Gasteiger partial charge in [-0.3, -0.25) is 9.52 Å². The van der Waals surface area contributed by atoms with Crippen molar-refractivity contribution in [3.05, 3.63) is 48.0 Å². The molecule has 0 saturated carbocycles. The lowest BCUT2D eigenvalue weighted by Crippen LogP contribution is -2.34.